The molecule has 64 heavy (non-hydrogen) atoms. The number of para-hydroxylation sites is 1. The first-order valence-electron chi connectivity index (χ1n) is 22.6. The number of hydrogen-bond donors (Lipinski definition) is 2. The molecule has 15 nitrogen and oxygen atoms in total. The maximum atomic E-state index is 14.1. The van der Waals surface area contributed by atoms with Crippen LogP contribution in [0.5, 0.6) is 0 Å². The number of anilines is 2. The van der Waals surface area contributed by atoms with Gasteiger partial charge in [0.05, 0.1) is 47.6 Å². The van der Waals surface area contributed by atoms with Crippen LogP contribution in [-0.4, -0.2) is 106 Å². The van der Waals surface area contributed by atoms with Gasteiger partial charge >= 0.3 is 0 Å². The number of sulfonamides is 1. The highest BCUT2D eigenvalue weighted by molar-refractivity contribution is 7.90. The molecule has 17 heteroatoms. The first kappa shape index (κ1) is 44.5. The predicted octanol–water partition coefficient (Wildman–Crippen LogP) is 7.65. The molecule has 5 fully saturated rings. The van der Waals surface area contributed by atoms with E-state index in [1.165, 1.54) is 17.8 Å². The summed E-state index contributed by atoms with van der Waals surface area (Å²) in [7, 11) is -4.00. The van der Waals surface area contributed by atoms with Crippen LogP contribution < -0.4 is 10.0 Å². The zero-order valence-electron chi connectivity index (χ0n) is 37.5. The van der Waals surface area contributed by atoms with Crippen molar-refractivity contribution in [3.8, 4) is 11.1 Å². The first-order valence-corrected chi connectivity index (χ1v) is 25.1. The van der Waals surface area contributed by atoms with Crippen molar-refractivity contribution in [1.82, 2.24) is 39.6 Å². The molecule has 5 aliphatic rings. The molecule has 2 unspecified atom stereocenters. The summed E-state index contributed by atoms with van der Waals surface area (Å²) < 4.78 is 44.3. The molecule has 0 radical (unpaired) electrons. The summed E-state index contributed by atoms with van der Waals surface area (Å²) in [4.78, 5) is 39.8. The third-order valence-electron chi connectivity index (χ3n) is 13.8. The van der Waals surface area contributed by atoms with E-state index in [1.54, 1.807) is 24.4 Å². The maximum absolute atomic E-state index is 14.1. The number of nitrogens with one attached hydrogen (secondary N) is 2. The second kappa shape index (κ2) is 17.3. The fourth-order valence-corrected chi connectivity index (χ4v) is 14.1. The number of pyridine rings is 1. The SMILES string of the molecule is CCCCCS(=O)(=O)NC(=O)c1nc(C(=O)c2cc(C)c(Nc3nc4ccccc4s3)nn2)ccc1-c1cnn(CC23CC4(C)CC(C)(C2)CC(OCCN2CCOCC2)(C4)C3)c1C. The lowest BCUT2D eigenvalue weighted by Crippen LogP contribution is -2.64. The molecule has 2 atom stereocenters. The minimum absolute atomic E-state index is 0.0240. The summed E-state index contributed by atoms with van der Waals surface area (Å²) >= 11 is 1.48. The number of ketones is 1. The molecule has 1 aliphatic heterocycles. The lowest BCUT2D eigenvalue weighted by atomic mass is 9.39. The Kier molecular flexibility index (Phi) is 12.0. The van der Waals surface area contributed by atoms with E-state index >= 15 is 0 Å². The number of unbranched alkanes of at least 4 members (excludes halogenated alkanes) is 2. The third kappa shape index (κ3) is 9.23. The smallest absolute Gasteiger partial charge is 0.283 e. The van der Waals surface area contributed by atoms with Crippen molar-refractivity contribution in [3.05, 3.63) is 77.0 Å². The predicted molar refractivity (Wildman–Crippen MR) is 246 cm³/mol. The number of hydrogen-bond acceptors (Lipinski definition) is 14. The number of aromatic nitrogens is 6. The lowest BCUT2D eigenvalue weighted by molar-refractivity contribution is -0.249. The largest absolute Gasteiger partial charge is 0.379 e. The Morgan fingerprint density at radius 1 is 0.906 bits per heavy atom. The zero-order valence-corrected chi connectivity index (χ0v) is 39.2. The van der Waals surface area contributed by atoms with E-state index in [-0.39, 0.29) is 44.7 Å². The number of benzene rings is 1. The monoisotopic (exact) mass is 909 g/mol. The molecular formula is C47H59N9O6S2. The summed E-state index contributed by atoms with van der Waals surface area (Å²) in [6.45, 7) is 16.4. The van der Waals surface area contributed by atoms with Crippen LogP contribution >= 0.6 is 11.3 Å². The van der Waals surface area contributed by atoms with Gasteiger partial charge in [0.1, 0.15) is 17.1 Å². The van der Waals surface area contributed by atoms with Gasteiger partial charge in [-0.1, -0.05) is 57.1 Å². The summed E-state index contributed by atoms with van der Waals surface area (Å²) in [6.07, 6.45) is 10.1. The summed E-state index contributed by atoms with van der Waals surface area (Å²) in [6, 6.07) is 12.6. The quantitative estimate of drug-likeness (QED) is 0.0686. The number of morpholine rings is 1. The number of aryl methyl sites for hydroxylation is 1. The highest BCUT2D eigenvalue weighted by Gasteiger charge is 2.66. The molecule has 0 spiro atoms. The van der Waals surface area contributed by atoms with E-state index in [4.69, 9.17) is 14.6 Å². The highest BCUT2D eigenvalue weighted by atomic mass is 32.2. The van der Waals surface area contributed by atoms with Gasteiger partial charge in [-0.3, -0.25) is 19.2 Å². The molecule has 4 bridgehead atoms. The highest BCUT2D eigenvalue weighted by Crippen LogP contribution is 2.72. The number of rotatable bonds is 17. The van der Waals surface area contributed by atoms with Crippen molar-refractivity contribution >= 4 is 54.2 Å². The molecular weight excluding hydrogens is 851 g/mol. The van der Waals surface area contributed by atoms with Crippen LogP contribution in [0.2, 0.25) is 0 Å². The van der Waals surface area contributed by atoms with Crippen LogP contribution in [0, 0.1) is 30.1 Å². The van der Waals surface area contributed by atoms with Crippen LogP contribution in [0.3, 0.4) is 0 Å². The molecule has 4 aliphatic carbocycles. The van der Waals surface area contributed by atoms with Gasteiger partial charge in [-0.25, -0.2) is 23.1 Å². The third-order valence-corrected chi connectivity index (χ3v) is 16.1. The number of ether oxygens (including phenoxy) is 2. The zero-order chi connectivity index (χ0) is 44.9. The van der Waals surface area contributed by atoms with Gasteiger partial charge in [-0.05, 0) is 111 Å². The Balaban J connectivity index is 0.988. The van der Waals surface area contributed by atoms with Crippen molar-refractivity contribution in [2.45, 2.75) is 105 Å². The van der Waals surface area contributed by atoms with Crippen molar-refractivity contribution in [2.24, 2.45) is 16.2 Å². The topological polar surface area (TPSA) is 183 Å². The number of thiazole rings is 1. The average Bonchev–Trinajstić information content (AvgIpc) is 3.81. The van der Waals surface area contributed by atoms with Crippen molar-refractivity contribution in [1.29, 1.82) is 0 Å². The molecule has 4 aromatic heterocycles. The Morgan fingerprint density at radius 2 is 1.67 bits per heavy atom. The van der Waals surface area contributed by atoms with Gasteiger partial charge in [0.15, 0.2) is 10.9 Å². The normalized spacial score (nSPS) is 25.5. The van der Waals surface area contributed by atoms with E-state index < -0.39 is 21.7 Å². The molecule has 1 saturated heterocycles. The average molecular weight is 910 g/mol. The van der Waals surface area contributed by atoms with Gasteiger partial charge in [-0.2, -0.15) is 5.10 Å². The number of carbonyl (C=O) groups excluding carboxylic acids is 2. The summed E-state index contributed by atoms with van der Waals surface area (Å²) in [5.74, 6) is -1.24. The van der Waals surface area contributed by atoms with Gasteiger partial charge in [0.25, 0.3) is 5.91 Å². The van der Waals surface area contributed by atoms with E-state index in [9.17, 15) is 18.0 Å². The number of nitrogens with zero attached hydrogens (tertiary/aromatic N) is 7. The van der Waals surface area contributed by atoms with E-state index in [2.05, 4.69) is 49.0 Å². The molecule has 5 aromatic rings. The Labute approximate surface area is 379 Å². The molecule has 10 rings (SSSR count). The van der Waals surface area contributed by atoms with Gasteiger partial charge in [0.2, 0.25) is 15.8 Å². The van der Waals surface area contributed by atoms with Crippen LogP contribution in [-0.2, 0) is 26.0 Å². The molecule has 4 saturated carbocycles. The fourth-order valence-electron chi connectivity index (χ4n) is 12.2. The minimum Gasteiger partial charge on any atom is -0.379 e. The molecule has 1 amide bonds. The van der Waals surface area contributed by atoms with E-state index in [0.717, 1.165) is 87.3 Å². The Bertz CT molecular complexity index is 2640. The molecule has 5 heterocycles. The second-order valence-electron chi connectivity index (χ2n) is 19.7. The van der Waals surface area contributed by atoms with Crippen LogP contribution in [0.4, 0.5) is 10.9 Å². The minimum atomic E-state index is -4.00. The standard InChI is InChI=1S/C47H59N9O6S2/c1-6-7-10-21-64(59,60)54-42(58)39-33(13-14-36(49-39)40(57)37-22-31(2)41(53-52-37)51-43-50-35-11-8-9-12-38(35)63-43)34-23-48-56(32(34)3)30-46-25-44(4)24-45(5,26-46)28-47(27-44,29-46)62-20-17-55-15-18-61-19-16-55/h8-9,11-14,22-23H,6-7,10,15-21,24-30H2,1-5H3,(H,54,58)(H,50,51,53). The molecule has 340 valence electrons. The fraction of sp³-hybridized carbons (Fsp3) is 0.553. The van der Waals surface area contributed by atoms with Gasteiger partial charge in [-0.15, -0.1) is 10.2 Å². The van der Waals surface area contributed by atoms with Crippen molar-refractivity contribution in [2.75, 3.05) is 50.5 Å². The van der Waals surface area contributed by atoms with Crippen LogP contribution in [0.25, 0.3) is 21.3 Å². The van der Waals surface area contributed by atoms with Crippen LogP contribution in [0.1, 0.15) is 116 Å². The maximum Gasteiger partial charge on any atom is 0.283 e. The molecule has 2 N–H and O–H groups in total. The first-order chi connectivity index (χ1) is 30.6. The van der Waals surface area contributed by atoms with Gasteiger partial charge < -0.3 is 14.8 Å². The lowest BCUT2D eigenvalue weighted by Gasteiger charge is -2.69. The number of amides is 1. The van der Waals surface area contributed by atoms with Crippen molar-refractivity contribution in [3.63, 3.8) is 0 Å². The Morgan fingerprint density at radius 3 is 2.41 bits per heavy atom. The Hall–Kier alpha value is -4.68. The van der Waals surface area contributed by atoms with E-state index in [0.29, 0.717) is 53.6 Å². The van der Waals surface area contributed by atoms with Crippen LogP contribution in [0.15, 0.2) is 48.7 Å². The molecule has 1 aromatic carbocycles. The second-order valence-corrected chi connectivity index (χ2v) is 22.6. The van der Waals surface area contributed by atoms with Gasteiger partial charge in [0, 0.05) is 43.0 Å². The van der Waals surface area contributed by atoms with Crippen molar-refractivity contribution < 1.29 is 27.5 Å². The number of fused-ring (bicyclic) bond motifs is 1. The number of carbonyl (C=O) groups is 2. The van der Waals surface area contributed by atoms with E-state index in [1.807, 2.05) is 49.7 Å². The summed E-state index contributed by atoms with van der Waals surface area (Å²) in [5.41, 5.74) is 3.21. The summed E-state index contributed by atoms with van der Waals surface area (Å²) in [5, 5.41) is 17.3.